The number of ether oxygens (including phenoxy) is 1. The van der Waals surface area contributed by atoms with Crippen LogP contribution in [0, 0.1) is 0 Å². The van der Waals surface area contributed by atoms with Crippen LogP contribution in [0.25, 0.3) is 0 Å². The van der Waals surface area contributed by atoms with Crippen LogP contribution >= 0.6 is 0 Å². The van der Waals surface area contributed by atoms with Crippen molar-refractivity contribution in [2.45, 2.75) is 44.2 Å². The number of aliphatic imine (C=N–C) groups is 1. The van der Waals surface area contributed by atoms with Crippen LogP contribution in [-0.4, -0.2) is 56.3 Å². The molecule has 5 heteroatoms. The van der Waals surface area contributed by atoms with Gasteiger partial charge in [-0.05, 0) is 51.3 Å². The van der Waals surface area contributed by atoms with Crippen molar-refractivity contribution in [1.29, 1.82) is 0 Å². The van der Waals surface area contributed by atoms with Gasteiger partial charge in [0.05, 0.1) is 11.6 Å². The normalized spacial score (nSPS) is 25.9. The zero-order valence-electron chi connectivity index (χ0n) is 15.6. The summed E-state index contributed by atoms with van der Waals surface area (Å²) in [5, 5.41) is 6.97. The molecule has 0 radical (unpaired) electrons. The summed E-state index contributed by atoms with van der Waals surface area (Å²) in [4.78, 5) is 6.97. The van der Waals surface area contributed by atoms with Gasteiger partial charge in [-0.1, -0.05) is 30.3 Å². The molecule has 2 heterocycles. The first-order valence-corrected chi connectivity index (χ1v) is 9.58. The van der Waals surface area contributed by atoms with E-state index in [0.717, 1.165) is 38.5 Å². The van der Waals surface area contributed by atoms with Crippen molar-refractivity contribution >= 4 is 5.96 Å². The quantitative estimate of drug-likeness (QED) is 0.615. The van der Waals surface area contributed by atoms with E-state index in [1.165, 1.54) is 31.5 Å². The summed E-state index contributed by atoms with van der Waals surface area (Å²) < 4.78 is 5.86. The fourth-order valence-corrected chi connectivity index (χ4v) is 3.85. The van der Waals surface area contributed by atoms with E-state index in [1.54, 1.807) is 0 Å². The van der Waals surface area contributed by atoms with Crippen LogP contribution in [-0.2, 0) is 4.74 Å². The molecule has 0 spiro atoms. The van der Waals surface area contributed by atoms with Gasteiger partial charge in [-0.2, -0.15) is 0 Å². The fourth-order valence-electron chi connectivity index (χ4n) is 3.85. The minimum absolute atomic E-state index is 0.0641. The molecule has 1 aromatic rings. The fraction of sp³-hybridized carbons (Fsp3) is 0.650. The lowest BCUT2D eigenvalue weighted by molar-refractivity contribution is 0.0242. The highest BCUT2D eigenvalue weighted by Crippen LogP contribution is 2.25. The van der Waals surface area contributed by atoms with Gasteiger partial charge < -0.3 is 15.4 Å². The highest BCUT2D eigenvalue weighted by Gasteiger charge is 2.30. The molecule has 2 unspecified atom stereocenters. The number of hydrogen-bond acceptors (Lipinski definition) is 3. The molecule has 3 rings (SSSR count). The van der Waals surface area contributed by atoms with Gasteiger partial charge in [-0.15, -0.1) is 0 Å². The monoisotopic (exact) mass is 344 g/mol. The molecule has 0 bridgehead atoms. The van der Waals surface area contributed by atoms with Crippen molar-refractivity contribution in [2.75, 3.05) is 39.8 Å². The number of likely N-dealkylation sites (tertiary alicyclic amines) is 1. The Morgan fingerprint density at radius 1 is 1.20 bits per heavy atom. The third-order valence-corrected chi connectivity index (χ3v) is 5.38. The summed E-state index contributed by atoms with van der Waals surface area (Å²) in [6.45, 7) is 7.07. The number of nitrogens with zero attached hydrogens (tertiary/aromatic N) is 2. The van der Waals surface area contributed by atoms with Gasteiger partial charge in [-0.25, -0.2) is 0 Å². The summed E-state index contributed by atoms with van der Waals surface area (Å²) in [5.41, 5.74) is 1.31. The Kier molecular flexibility index (Phi) is 6.32. The van der Waals surface area contributed by atoms with E-state index >= 15 is 0 Å². The Morgan fingerprint density at radius 3 is 2.60 bits per heavy atom. The van der Waals surface area contributed by atoms with Crippen LogP contribution in [0.5, 0.6) is 0 Å². The second kappa shape index (κ2) is 8.68. The van der Waals surface area contributed by atoms with E-state index in [0.29, 0.717) is 6.04 Å². The third kappa shape index (κ3) is 4.95. The maximum absolute atomic E-state index is 5.86. The van der Waals surface area contributed by atoms with Crippen LogP contribution in [0.1, 0.15) is 44.2 Å². The second-order valence-corrected chi connectivity index (χ2v) is 7.38. The van der Waals surface area contributed by atoms with Crippen molar-refractivity contribution in [1.82, 2.24) is 15.5 Å². The topological polar surface area (TPSA) is 48.9 Å². The predicted molar refractivity (Wildman–Crippen MR) is 103 cm³/mol. The number of guanidine groups is 1. The summed E-state index contributed by atoms with van der Waals surface area (Å²) in [6, 6.07) is 11.2. The summed E-state index contributed by atoms with van der Waals surface area (Å²) >= 11 is 0. The number of nitrogens with one attached hydrogen (secondary N) is 2. The Labute approximate surface area is 151 Å². The van der Waals surface area contributed by atoms with Gasteiger partial charge in [0.15, 0.2) is 5.96 Å². The highest BCUT2D eigenvalue weighted by atomic mass is 16.5. The number of hydrogen-bond donors (Lipinski definition) is 2. The minimum atomic E-state index is -0.0641. The van der Waals surface area contributed by atoms with Gasteiger partial charge in [0.25, 0.3) is 0 Å². The molecular weight excluding hydrogens is 312 g/mol. The first kappa shape index (κ1) is 18.2. The zero-order chi connectivity index (χ0) is 17.5. The summed E-state index contributed by atoms with van der Waals surface area (Å²) in [7, 11) is 1.83. The van der Waals surface area contributed by atoms with Crippen LogP contribution < -0.4 is 10.6 Å². The van der Waals surface area contributed by atoms with Crippen LogP contribution in [0.2, 0.25) is 0 Å². The third-order valence-electron chi connectivity index (χ3n) is 5.38. The van der Waals surface area contributed by atoms with Crippen molar-refractivity contribution in [3.05, 3.63) is 35.9 Å². The lowest BCUT2D eigenvalue weighted by Crippen LogP contribution is -2.47. The number of rotatable bonds is 6. The van der Waals surface area contributed by atoms with Crippen LogP contribution in [0.3, 0.4) is 0 Å². The molecule has 1 aromatic carbocycles. The van der Waals surface area contributed by atoms with E-state index in [2.05, 4.69) is 57.8 Å². The van der Waals surface area contributed by atoms with E-state index in [-0.39, 0.29) is 5.60 Å². The molecule has 0 amide bonds. The second-order valence-electron chi connectivity index (χ2n) is 7.38. The predicted octanol–water partition coefficient (Wildman–Crippen LogP) is 2.56. The molecule has 2 atom stereocenters. The van der Waals surface area contributed by atoms with Crippen LogP contribution in [0.4, 0.5) is 0 Å². The van der Waals surface area contributed by atoms with Gasteiger partial charge in [0.1, 0.15) is 0 Å². The van der Waals surface area contributed by atoms with Gasteiger partial charge >= 0.3 is 0 Å². The molecule has 2 aliphatic heterocycles. The van der Waals surface area contributed by atoms with Crippen molar-refractivity contribution in [2.24, 2.45) is 4.99 Å². The molecule has 0 aliphatic carbocycles. The average Bonchev–Trinajstić information content (AvgIpc) is 3.31. The molecule has 2 saturated heterocycles. The highest BCUT2D eigenvalue weighted by molar-refractivity contribution is 5.79. The van der Waals surface area contributed by atoms with Gasteiger partial charge in [0.2, 0.25) is 0 Å². The van der Waals surface area contributed by atoms with E-state index < -0.39 is 0 Å². The molecule has 0 aromatic heterocycles. The molecule has 0 saturated carbocycles. The van der Waals surface area contributed by atoms with E-state index in [9.17, 15) is 0 Å². The van der Waals surface area contributed by atoms with Crippen molar-refractivity contribution in [3.63, 3.8) is 0 Å². The maximum atomic E-state index is 5.86. The maximum Gasteiger partial charge on any atom is 0.191 e. The smallest absolute Gasteiger partial charge is 0.191 e. The lowest BCUT2D eigenvalue weighted by atomic mass is 10.0. The van der Waals surface area contributed by atoms with Gasteiger partial charge in [0, 0.05) is 26.7 Å². The molecule has 2 aliphatic rings. The first-order chi connectivity index (χ1) is 12.2. The minimum Gasteiger partial charge on any atom is -0.373 e. The SMILES string of the molecule is CN=C(NCC(c1ccccc1)N1CCCC1)NCC1(C)CCCO1. The average molecular weight is 345 g/mol. The Hall–Kier alpha value is -1.59. The Balaban J connectivity index is 1.57. The number of benzene rings is 1. The zero-order valence-corrected chi connectivity index (χ0v) is 15.6. The van der Waals surface area contributed by atoms with Crippen LogP contribution in [0.15, 0.2) is 35.3 Å². The molecule has 2 fully saturated rings. The van der Waals surface area contributed by atoms with Crippen molar-refractivity contribution < 1.29 is 4.74 Å². The first-order valence-electron chi connectivity index (χ1n) is 9.58. The molecule has 5 nitrogen and oxygen atoms in total. The molecule has 138 valence electrons. The standard InChI is InChI=1S/C20H32N4O/c1-20(11-8-14-25-20)16-23-19(21-2)22-15-18(24-12-6-7-13-24)17-9-4-3-5-10-17/h3-5,9-10,18H,6-8,11-16H2,1-2H3,(H2,21,22,23). The Bertz CT molecular complexity index is 548. The molecule has 25 heavy (non-hydrogen) atoms. The van der Waals surface area contributed by atoms with E-state index in [1.807, 2.05) is 7.05 Å². The van der Waals surface area contributed by atoms with E-state index in [4.69, 9.17) is 4.74 Å². The lowest BCUT2D eigenvalue weighted by Gasteiger charge is -2.29. The summed E-state index contributed by atoms with van der Waals surface area (Å²) in [5.74, 6) is 0.858. The molecular formula is C20H32N4O. The van der Waals surface area contributed by atoms with Crippen molar-refractivity contribution in [3.8, 4) is 0 Å². The Morgan fingerprint density at radius 2 is 1.96 bits per heavy atom. The summed E-state index contributed by atoms with van der Waals surface area (Å²) in [6.07, 6.45) is 4.85. The largest absolute Gasteiger partial charge is 0.373 e. The molecule has 2 N–H and O–H groups in total. The van der Waals surface area contributed by atoms with Gasteiger partial charge in [-0.3, -0.25) is 9.89 Å².